The van der Waals surface area contributed by atoms with Crippen molar-refractivity contribution in [2.24, 2.45) is 0 Å². The Hall–Kier alpha value is -3.01. The van der Waals surface area contributed by atoms with E-state index in [1.807, 2.05) is 0 Å². The van der Waals surface area contributed by atoms with E-state index in [2.05, 4.69) is 16.6 Å². The SMILES string of the molecule is C#Cc1cccc(NC(=O)CNC(=O)C2CCCN2C(=O)OC(C)(C)C)c1. The molecular formula is C20H25N3O4. The van der Waals surface area contributed by atoms with Crippen LogP contribution >= 0.6 is 0 Å². The highest BCUT2D eigenvalue weighted by atomic mass is 16.6. The molecule has 1 unspecified atom stereocenters. The van der Waals surface area contributed by atoms with E-state index < -0.39 is 17.7 Å². The number of likely N-dealkylation sites (tertiary alicyclic amines) is 1. The summed E-state index contributed by atoms with van der Waals surface area (Å²) in [6.07, 6.45) is 6.06. The highest BCUT2D eigenvalue weighted by molar-refractivity contribution is 5.96. The van der Waals surface area contributed by atoms with Crippen LogP contribution in [0.15, 0.2) is 24.3 Å². The van der Waals surface area contributed by atoms with Gasteiger partial charge in [-0.05, 0) is 51.8 Å². The lowest BCUT2D eigenvalue weighted by molar-refractivity contribution is -0.127. The molecule has 7 nitrogen and oxygen atoms in total. The number of benzene rings is 1. The first-order valence-electron chi connectivity index (χ1n) is 8.83. The molecule has 1 fully saturated rings. The molecule has 0 aromatic heterocycles. The van der Waals surface area contributed by atoms with Crippen molar-refractivity contribution in [3.63, 3.8) is 0 Å². The minimum Gasteiger partial charge on any atom is -0.444 e. The zero-order chi connectivity index (χ0) is 20.0. The number of ether oxygens (including phenoxy) is 1. The van der Waals surface area contributed by atoms with Gasteiger partial charge in [-0.25, -0.2) is 4.79 Å². The van der Waals surface area contributed by atoms with E-state index in [0.717, 1.165) is 0 Å². The molecule has 2 N–H and O–H groups in total. The van der Waals surface area contributed by atoms with Crippen molar-refractivity contribution in [1.29, 1.82) is 0 Å². The van der Waals surface area contributed by atoms with Gasteiger partial charge in [-0.3, -0.25) is 14.5 Å². The molecule has 27 heavy (non-hydrogen) atoms. The number of carbonyl (C=O) groups excluding carboxylic acids is 3. The summed E-state index contributed by atoms with van der Waals surface area (Å²) >= 11 is 0. The highest BCUT2D eigenvalue weighted by Gasteiger charge is 2.36. The second-order valence-corrected chi connectivity index (χ2v) is 7.32. The molecule has 3 amide bonds. The number of anilines is 1. The van der Waals surface area contributed by atoms with Crippen LogP contribution < -0.4 is 10.6 Å². The maximum atomic E-state index is 12.4. The standard InChI is InChI=1S/C20H25N3O4/c1-5-14-8-6-9-15(12-14)22-17(24)13-21-18(25)16-10-7-11-23(16)19(26)27-20(2,3)4/h1,6,8-9,12,16H,7,10-11,13H2,2-4H3,(H,21,25)(H,22,24). The van der Waals surface area contributed by atoms with Crippen LogP contribution in [-0.2, 0) is 14.3 Å². The van der Waals surface area contributed by atoms with Gasteiger partial charge in [-0.1, -0.05) is 12.0 Å². The Kier molecular flexibility index (Phi) is 6.45. The first-order chi connectivity index (χ1) is 12.7. The van der Waals surface area contributed by atoms with Gasteiger partial charge >= 0.3 is 6.09 Å². The summed E-state index contributed by atoms with van der Waals surface area (Å²) in [4.78, 5) is 38.1. The molecule has 1 atom stereocenters. The number of terminal acetylenes is 1. The van der Waals surface area contributed by atoms with Gasteiger partial charge in [0.25, 0.3) is 0 Å². The number of hydrogen-bond donors (Lipinski definition) is 2. The Bertz CT molecular complexity index is 761. The van der Waals surface area contributed by atoms with Gasteiger partial charge in [-0.15, -0.1) is 6.42 Å². The molecule has 1 aliphatic heterocycles. The largest absolute Gasteiger partial charge is 0.444 e. The van der Waals surface area contributed by atoms with Gasteiger partial charge in [0.2, 0.25) is 11.8 Å². The number of amides is 3. The van der Waals surface area contributed by atoms with E-state index in [-0.39, 0.29) is 18.4 Å². The number of nitrogens with zero attached hydrogens (tertiary/aromatic N) is 1. The quantitative estimate of drug-likeness (QED) is 0.794. The normalized spacial score (nSPS) is 16.4. The molecule has 2 rings (SSSR count). The van der Waals surface area contributed by atoms with Gasteiger partial charge in [-0.2, -0.15) is 0 Å². The number of rotatable bonds is 4. The molecule has 1 aromatic rings. The predicted octanol–water partition coefficient (Wildman–Crippen LogP) is 2.12. The molecule has 1 aliphatic rings. The first-order valence-corrected chi connectivity index (χ1v) is 8.83. The Morgan fingerprint density at radius 1 is 1.33 bits per heavy atom. The molecule has 0 radical (unpaired) electrons. The second kappa shape index (κ2) is 8.58. The Morgan fingerprint density at radius 3 is 2.74 bits per heavy atom. The van der Waals surface area contributed by atoms with E-state index in [1.165, 1.54) is 4.90 Å². The molecule has 1 heterocycles. The summed E-state index contributed by atoms with van der Waals surface area (Å²) in [6, 6.07) is 6.24. The topological polar surface area (TPSA) is 87.7 Å². The molecule has 7 heteroatoms. The van der Waals surface area contributed by atoms with Crippen LogP contribution in [0.25, 0.3) is 0 Å². The predicted molar refractivity (Wildman–Crippen MR) is 102 cm³/mol. The molecular weight excluding hydrogens is 346 g/mol. The van der Waals surface area contributed by atoms with Crippen molar-refractivity contribution < 1.29 is 19.1 Å². The van der Waals surface area contributed by atoms with Crippen LogP contribution in [0, 0.1) is 12.3 Å². The van der Waals surface area contributed by atoms with Gasteiger partial charge in [0.1, 0.15) is 11.6 Å². The van der Waals surface area contributed by atoms with E-state index in [0.29, 0.717) is 30.6 Å². The summed E-state index contributed by atoms with van der Waals surface area (Å²) in [5, 5.41) is 5.25. The van der Waals surface area contributed by atoms with Crippen molar-refractivity contribution in [1.82, 2.24) is 10.2 Å². The van der Waals surface area contributed by atoms with E-state index in [9.17, 15) is 14.4 Å². The molecule has 0 aliphatic carbocycles. The van der Waals surface area contributed by atoms with Crippen molar-refractivity contribution in [3.05, 3.63) is 29.8 Å². The van der Waals surface area contributed by atoms with Crippen LogP contribution in [0.3, 0.4) is 0 Å². The lowest BCUT2D eigenvalue weighted by Gasteiger charge is -2.28. The average molecular weight is 371 g/mol. The van der Waals surface area contributed by atoms with Crippen molar-refractivity contribution in [2.45, 2.75) is 45.3 Å². The summed E-state index contributed by atoms with van der Waals surface area (Å²) in [6.45, 7) is 5.58. The van der Waals surface area contributed by atoms with Gasteiger partial charge in [0, 0.05) is 17.8 Å². The van der Waals surface area contributed by atoms with Gasteiger partial charge < -0.3 is 15.4 Å². The van der Waals surface area contributed by atoms with Crippen LogP contribution in [0.2, 0.25) is 0 Å². The lowest BCUT2D eigenvalue weighted by atomic mass is 10.2. The van der Waals surface area contributed by atoms with Crippen molar-refractivity contribution >= 4 is 23.6 Å². The van der Waals surface area contributed by atoms with Crippen LogP contribution in [0.4, 0.5) is 10.5 Å². The molecule has 144 valence electrons. The fraction of sp³-hybridized carbons (Fsp3) is 0.450. The van der Waals surface area contributed by atoms with Crippen molar-refractivity contribution in [2.75, 3.05) is 18.4 Å². The minimum atomic E-state index is -0.631. The van der Waals surface area contributed by atoms with Crippen LogP contribution in [0.5, 0.6) is 0 Å². The third kappa shape index (κ3) is 6.03. The van der Waals surface area contributed by atoms with Gasteiger partial charge in [0.15, 0.2) is 0 Å². The number of hydrogen-bond acceptors (Lipinski definition) is 4. The van der Waals surface area contributed by atoms with Gasteiger partial charge in [0.05, 0.1) is 6.54 Å². The minimum absolute atomic E-state index is 0.197. The Labute approximate surface area is 159 Å². The average Bonchev–Trinajstić information content (AvgIpc) is 3.08. The van der Waals surface area contributed by atoms with Crippen molar-refractivity contribution in [3.8, 4) is 12.3 Å². The Morgan fingerprint density at radius 2 is 2.07 bits per heavy atom. The number of carbonyl (C=O) groups is 3. The molecule has 0 spiro atoms. The van der Waals surface area contributed by atoms with Crippen LogP contribution in [0.1, 0.15) is 39.2 Å². The summed E-state index contributed by atoms with van der Waals surface area (Å²) in [7, 11) is 0. The summed E-state index contributed by atoms with van der Waals surface area (Å²) in [5.41, 5.74) is 0.574. The van der Waals surface area contributed by atoms with Crippen LogP contribution in [-0.4, -0.2) is 47.5 Å². The molecule has 1 saturated heterocycles. The summed E-state index contributed by atoms with van der Waals surface area (Å²) < 4.78 is 5.34. The molecule has 0 bridgehead atoms. The monoisotopic (exact) mass is 371 g/mol. The van der Waals surface area contributed by atoms with E-state index >= 15 is 0 Å². The fourth-order valence-corrected chi connectivity index (χ4v) is 2.76. The second-order valence-electron chi connectivity index (χ2n) is 7.32. The summed E-state index contributed by atoms with van der Waals surface area (Å²) in [5.74, 6) is 1.74. The lowest BCUT2D eigenvalue weighted by Crippen LogP contribution is -2.48. The number of nitrogens with one attached hydrogen (secondary N) is 2. The highest BCUT2D eigenvalue weighted by Crippen LogP contribution is 2.21. The van der Waals surface area contributed by atoms with E-state index in [1.54, 1.807) is 45.0 Å². The third-order valence-electron chi connectivity index (χ3n) is 3.92. The maximum absolute atomic E-state index is 12.4. The molecule has 1 aromatic carbocycles. The molecule has 0 saturated carbocycles. The first kappa shape index (κ1) is 20.3. The maximum Gasteiger partial charge on any atom is 0.410 e. The van der Waals surface area contributed by atoms with E-state index in [4.69, 9.17) is 11.2 Å². The third-order valence-corrected chi connectivity index (χ3v) is 3.92. The zero-order valence-electron chi connectivity index (χ0n) is 15.9. The zero-order valence-corrected chi connectivity index (χ0v) is 15.9. The fourth-order valence-electron chi connectivity index (χ4n) is 2.76. The smallest absolute Gasteiger partial charge is 0.410 e. The Balaban J connectivity index is 1.87.